The summed E-state index contributed by atoms with van der Waals surface area (Å²) in [7, 11) is -2.86. The predicted molar refractivity (Wildman–Crippen MR) is 145 cm³/mol. The molecular weight excluding hydrogens is 555 g/mol. The summed E-state index contributed by atoms with van der Waals surface area (Å²) in [5.74, 6) is -1.16. The van der Waals surface area contributed by atoms with E-state index in [4.69, 9.17) is 23.2 Å². The van der Waals surface area contributed by atoms with Crippen LogP contribution < -0.4 is 9.62 Å². The van der Waals surface area contributed by atoms with E-state index in [-0.39, 0.29) is 27.8 Å². The molecule has 1 atom stereocenters. The van der Waals surface area contributed by atoms with Gasteiger partial charge in [-0.2, -0.15) is 0 Å². The highest BCUT2D eigenvalue weighted by atomic mass is 35.5. The number of carbonyl (C=O) groups is 2. The molecule has 3 aromatic rings. The largest absolute Gasteiger partial charge is 0.357 e. The lowest BCUT2D eigenvalue weighted by atomic mass is 10.1. The third-order valence-corrected chi connectivity index (χ3v) is 8.24. The molecule has 0 aliphatic heterocycles. The summed E-state index contributed by atoms with van der Waals surface area (Å²) in [6.45, 7) is 0.762. The lowest BCUT2D eigenvalue weighted by Gasteiger charge is -2.31. The predicted octanol–water partition coefficient (Wildman–Crippen LogP) is 4.26. The molecule has 0 aliphatic carbocycles. The summed E-state index contributed by atoms with van der Waals surface area (Å²) in [4.78, 5) is 37.8. The smallest absolute Gasteiger partial charge is 0.269 e. The third kappa shape index (κ3) is 6.60. The summed E-state index contributed by atoms with van der Waals surface area (Å²) in [5.41, 5.74) is 0.359. The van der Waals surface area contributed by atoms with Crippen molar-refractivity contribution in [3.63, 3.8) is 0 Å². The summed E-state index contributed by atoms with van der Waals surface area (Å²) < 4.78 is 28.1. The topological polar surface area (TPSA) is 130 Å². The average molecular weight is 579 g/mol. The molecule has 0 heterocycles. The second-order valence-corrected chi connectivity index (χ2v) is 10.8. The van der Waals surface area contributed by atoms with Crippen molar-refractivity contribution in [2.45, 2.75) is 24.4 Å². The first-order valence-electron chi connectivity index (χ1n) is 11.2. The molecule has 1 N–H and O–H groups in total. The van der Waals surface area contributed by atoms with Crippen LogP contribution in [0.25, 0.3) is 0 Å². The summed E-state index contributed by atoms with van der Waals surface area (Å²) in [6, 6.07) is 16.0. The molecule has 200 valence electrons. The van der Waals surface area contributed by atoms with Gasteiger partial charge in [0.05, 0.1) is 25.6 Å². The van der Waals surface area contributed by atoms with Gasteiger partial charge in [0.1, 0.15) is 12.6 Å². The number of amides is 2. The van der Waals surface area contributed by atoms with Gasteiger partial charge in [0.25, 0.3) is 15.7 Å². The fourth-order valence-corrected chi connectivity index (χ4v) is 5.37. The molecule has 0 radical (unpaired) electrons. The quantitative estimate of drug-likeness (QED) is 0.282. The molecule has 0 aromatic heterocycles. The Morgan fingerprint density at radius 1 is 1.00 bits per heavy atom. The molecule has 0 fully saturated rings. The van der Waals surface area contributed by atoms with Gasteiger partial charge < -0.3 is 10.2 Å². The van der Waals surface area contributed by atoms with E-state index in [0.717, 1.165) is 16.4 Å². The minimum Gasteiger partial charge on any atom is -0.357 e. The first-order valence-corrected chi connectivity index (χ1v) is 13.4. The van der Waals surface area contributed by atoms with Gasteiger partial charge in [-0.25, -0.2) is 8.42 Å². The van der Waals surface area contributed by atoms with Crippen LogP contribution >= 0.6 is 23.2 Å². The van der Waals surface area contributed by atoms with Crippen LogP contribution in [0.3, 0.4) is 0 Å². The zero-order chi connectivity index (χ0) is 28.0. The number of carbonyl (C=O) groups excluding carboxylic acids is 2. The van der Waals surface area contributed by atoms with E-state index in [1.54, 1.807) is 24.3 Å². The van der Waals surface area contributed by atoms with Crippen LogP contribution in [0.5, 0.6) is 0 Å². The monoisotopic (exact) mass is 578 g/mol. The number of nitro benzene ring substituents is 1. The number of nitrogens with zero attached hydrogens (tertiary/aromatic N) is 3. The highest BCUT2D eigenvalue weighted by molar-refractivity contribution is 7.92. The molecule has 0 bridgehead atoms. The summed E-state index contributed by atoms with van der Waals surface area (Å²) >= 11 is 12.1. The Hall–Kier alpha value is -3.67. The molecule has 0 spiro atoms. The molecule has 38 heavy (non-hydrogen) atoms. The van der Waals surface area contributed by atoms with Crippen molar-refractivity contribution in [3.05, 3.63) is 98.5 Å². The molecule has 10 nitrogen and oxygen atoms in total. The van der Waals surface area contributed by atoms with Gasteiger partial charge in [-0.3, -0.25) is 24.0 Å². The van der Waals surface area contributed by atoms with Crippen molar-refractivity contribution >= 4 is 56.4 Å². The number of hydrogen-bond acceptors (Lipinski definition) is 6. The van der Waals surface area contributed by atoms with Gasteiger partial charge in [-0.15, -0.1) is 0 Å². The van der Waals surface area contributed by atoms with Crippen molar-refractivity contribution in [2.75, 3.05) is 17.9 Å². The van der Waals surface area contributed by atoms with E-state index in [1.165, 1.54) is 55.3 Å². The minimum absolute atomic E-state index is 0.0369. The Morgan fingerprint density at radius 2 is 1.63 bits per heavy atom. The second kappa shape index (κ2) is 12.2. The Kier molecular flexibility index (Phi) is 9.31. The molecule has 0 saturated heterocycles. The Balaban J connectivity index is 2.04. The van der Waals surface area contributed by atoms with Gasteiger partial charge in [-0.1, -0.05) is 47.5 Å². The SMILES string of the molecule is CNC(=O)C(C)N(Cc1ccc(Cl)c(Cl)c1)C(=O)CN(c1ccc([N+](=O)[O-])cc1)S(=O)(=O)c1ccccc1. The number of anilines is 1. The first kappa shape index (κ1) is 28.9. The molecule has 3 aromatic carbocycles. The molecule has 13 heteroatoms. The normalized spacial score (nSPS) is 11.9. The van der Waals surface area contributed by atoms with E-state index >= 15 is 0 Å². The Bertz CT molecular complexity index is 1440. The van der Waals surface area contributed by atoms with E-state index in [0.29, 0.717) is 10.6 Å². The summed E-state index contributed by atoms with van der Waals surface area (Å²) in [5, 5.41) is 14.2. The van der Waals surface area contributed by atoms with E-state index in [9.17, 15) is 28.1 Å². The van der Waals surface area contributed by atoms with Crippen LogP contribution in [0.1, 0.15) is 12.5 Å². The van der Waals surface area contributed by atoms with Crippen molar-refractivity contribution < 1.29 is 22.9 Å². The maximum atomic E-state index is 13.7. The fourth-order valence-electron chi connectivity index (χ4n) is 3.62. The number of nitrogens with one attached hydrogen (secondary N) is 1. The number of rotatable bonds is 10. The highest BCUT2D eigenvalue weighted by Crippen LogP contribution is 2.27. The number of halogens is 2. The van der Waals surface area contributed by atoms with Crippen LogP contribution in [0, 0.1) is 10.1 Å². The van der Waals surface area contributed by atoms with E-state index < -0.39 is 39.3 Å². The van der Waals surface area contributed by atoms with E-state index in [2.05, 4.69) is 5.32 Å². The van der Waals surface area contributed by atoms with Crippen LogP contribution in [0.4, 0.5) is 11.4 Å². The number of non-ortho nitro benzene ring substituents is 1. The number of benzene rings is 3. The average Bonchev–Trinajstić information content (AvgIpc) is 2.91. The molecule has 3 rings (SSSR count). The van der Waals surface area contributed by atoms with Crippen molar-refractivity contribution in [3.8, 4) is 0 Å². The zero-order valence-electron chi connectivity index (χ0n) is 20.4. The minimum atomic E-state index is -4.28. The lowest BCUT2D eigenvalue weighted by molar-refractivity contribution is -0.384. The molecule has 1 unspecified atom stereocenters. The number of likely N-dealkylation sites (N-methyl/N-ethyl adjacent to an activating group) is 1. The van der Waals surface area contributed by atoms with Gasteiger partial charge >= 0.3 is 0 Å². The first-order chi connectivity index (χ1) is 17.9. The lowest BCUT2D eigenvalue weighted by Crippen LogP contribution is -2.50. The maximum absolute atomic E-state index is 13.7. The Labute approximate surface area is 230 Å². The van der Waals surface area contributed by atoms with Crippen LogP contribution in [-0.4, -0.2) is 49.7 Å². The zero-order valence-corrected chi connectivity index (χ0v) is 22.7. The van der Waals surface area contributed by atoms with Crippen LogP contribution in [0.2, 0.25) is 10.0 Å². The highest BCUT2D eigenvalue weighted by Gasteiger charge is 2.32. The van der Waals surface area contributed by atoms with Gasteiger partial charge in [0, 0.05) is 25.7 Å². The van der Waals surface area contributed by atoms with Crippen LogP contribution in [0.15, 0.2) is 77.7 Å². The molecule has 0 saturated carbocycles. The van der Waals surface area contributed by atoms with Crippen molar-refractivity contribution in [1.29, 1.82) is 0 Å². The number of nitro groups is 1. The number of sulfonamides is 1. The van der Waals surface area contributed by atoms with Gasteiger partial charge in [0.2, 0.25) is 11.8 Å². The maximum Gasteiger partial charge on any atom is 0.269 e. The Morgan fingerprint density at radius 3 is 2.18 bits per heavy atom. The molecular formula is C25H24Cl2N4O6S. The molecule has 0 aliphatic rings. The standard InChI is InChI=1S/C25H24Cl2N4O6S/c1-17(25(33)28-2)29(15-18-8-13-22(26)23(27)14-18)24(32)16-30(19-9-11-20(12-10-19)31(34)35)38(36,37)21-6-4-3-5-7-21/h3-14,17H,15-16H2,1-2H3,(H,28,33). The fraction of sp³-hybridized carbons (Fsp3) is 0.200. The van der Waals surface area contributed by atoms with E-state index in [1.807, 2.05) is 0 Å². The van der Waals surface area contributed by atoms with Crippen molar-refractivity contribution in [1.82, 2.24) is 10.2 Å². The third-order valence-electron chi connectivity index (χ3n) is 5.71. The number of hydrogen-bond donors (Lipinski definition) is 1. The molecule has 2 amide bonds. The summed E-state index contributed by atoms with van der Waals surface area (Å²) in [6.07, 6.45) is 0. The van der Waals surface area contributed by atoms with Gasteiger partial charge in [-0.05, 0) is 48.9 Å². The van der Waals surface area contributed by atoms with Crippen molar-refractivity contribution in [2.24, 2.45) is 0 Å². The second-order valence-electron chi connectivity index (χ2n) is 8.16. The van der Waals surface area contributed by atoms with Crippen LogP contribution in [-0.2, 0) is 26.2 Å². The van der Waals surface area contributed by atoms with Gasteiger partial charge in [0.15, 0.2) is 0 Å².